The SMILES string of the molecule is Cc1ccccc1NC(=O)CN1CCNCC1CN. The van der Waals surface area contributed by atoms with Crippen LogP contribution in [-0.2, 0) is 4.79 Å². The number of carbonyl (C=O) groups excluding carboxylic acids is 1. The molecule has 0 aliphatic carbocycles. The van der Waals surface area contributed by atoms with Crippen LogP contribution in [0.5, 0.6) is 0 Å². The largest absolute Gasteiger partial charge is 0.329 e. The van der Waals surface area contributed by atoms with Crippen LogP contribution in [0.2, 0.25) is 0 Å². The molecule has 1 unspecified atom stereocenters. The lowest BCUT2D eigenvalue weighted by molar-refractivity contribution is -0.118. The highest BCUT2D eigenvalue weighted by Gasteiger charge is 2.22. The molecule has 0 radical (unpaired) electrons. The lowest BCUT2D eigenvalue weighted by Crippen LogP contribution is -2.56. The molecular formula is C14H22N4O. The number of amides is 1. The Morgan fingerprint density at radius 1 is 1.53 bits per heavy atom. The molecule has 0 aromatic heterocycles. The summed E-state index contributed by atoms with van der Waals surface area (Å²) in [5, 5.41) is 6.25. The molecule has 1 fully saturated rings. The fraction of sp³-hybridized carbons (Fsp3) is 0.500. The van der Waals surface area contributed by atoms with Gasteiger partial charge in [-0.2, -0.15) is 0 Å². The van der Waals surface area contributed by atoms with Crippen molar-refractivity contribution in [2.75, 3.05) is 38.0 Å². The Morgan fingerprint density at radius 2 is 2.32 bits per heavy atom. The summed E-state index contributed by atoms with van der Waals surface area (Å²) in [5.41, 5.74) is 7.69. The standard InChI is InChI=1S/C14H22N4O/c1-11-4-2-3-5-13(11)17-14(19)10-18-7-6-16-9-12(18)8-15/h2-5,12,16H,6-10,15H2,1H3,(H,17,19). The summed E-state index contributed by atoms with van der Waals surface area (Å²) < 4.78 is 0. The van der Waals surface area contributed by atoms with E-state index in [0.717, 1.165) is 30.9 Å². The van der Waals surface area contributed by atoms with Crippen molar-refractivity contribution >= 4 is 11.6 Å². The second-order valence-electron chi connectivity index (χ2n) is 4.93. The van der Waals surface area contributed by atoms with E-state index in [1.807, 2.05) is 31.2 Å². The second-order valence-corrected chi connectivity index (χ2v) is 4.93. The maximum atomic E-state index is 12.1. The van der Waals surface area contributed by atoms with Crippen LogP contribution in [0, 0.1) is 6.92 Å². The summed E-state index contributed by atoms with van der Waals surface area (Å²) in [6.45, 7) is 5.59. The fourth-order valence-corrected chi connectivity index (χ4v) is 2.33. The Morgan fingerprint density at radius 3 is 3.05 bits per heavy atom. The molecule has 5 heteroatoms. The molecule has 2 rings (SSSR count). The number of aryl methyl sites for hydroxylation is 1. The molecule has 104 valence electrons. The first-order valence-electron chi connectivity index (χ1n) is 6.71. The van der Waals surface area contributed by atoms with Gasteiger partial charge in [-0.25, -0.2) is 0 Å². The first-order chi connectivity index (χ1) is 9.20. The van der Waals surface area contributed by atoms with Crippen molar-refractivity contribution in [2.45, 2.75) is 13.0 Å². The number of para-hydroxylation sites is 1. The van der Waals surface area contributed by atoms with Crippen LogP contribution in [0.1, 0.15) is 5.56 Å². The van der Waals surface area contributed by atoms with Crippen molar-refractivity contribution in [3.05, 3.63) is 29.8 Å². The minimum absolute atomic E-state index is 0.0228. The lowest BCUT2D eigenvalue weighted by atomic mass is 10.2. The predicted octanol–water partition coefficient (Wildman–Crippen LogP) is 0.166. The smallest absolute Gasteiger partial charge is 0.238 e. The summed E-state index contributed by atoms with van der Waals surface area (Å²) in [5.74, 6) is 0.0228. The molecule has 4 N–H and O–H groups in total. The van der Waals surface area contributed by atoms with Crippen molar-refractivity contribution < 1.29 is 4.79 Å². The molecule has 1 aromatic carbocycles. The second kappa shape index (κ2) is 6.65. The van der Waals surface area contributed by atoms with Gasteiger partial charge in [-0.05, 0) is 18.6 Å². The highest BCUT2D eigenvalue weighted by molar-refractivity contribution is 5.92. The van der Waals surface area contributed by atoms with Gasteiger partial charge in [-0.15, -0.1) is 0 Å². The van der Waals surface area contributed by atoms with Crippen molar-refractivity contribution in [3.8, 4) is 0 Å². The zero-order valence-electron chi connectivity index (χ0n) is 11.4. The van der Waals surface area contributed by atoms with Crippen LogP contribution < -0.4 is 16.4 Å². The number of hydrogen-bond donors (Lipinski definition) is 3. The highest BCUT2D eigenvalue weighted by atomic mass is 16.2. The summed E-state index contributed by atoms with van der Waals surface area (Å²) in [6, 6.07) is 8.05. The van der Waals surface area contributed by atoms with E-state index in [2.05, 4.69) is 15.5 Å². The maximum Gasteiger partial charge on any atom is 0.238 e. The van der Waals surface area contributed by atoms with E-state index in [0.29, 0.717) is 13.1 Å². The number of nitrogens with one attached hydrogen (secondary N) is 2. The molecule has 1 aromatic rings. The monoisotopic (exact) mass is 262 g/mol. The van der Waals surface area contributed by atoms with E-state index in [1.54, 1.807) is 0 Å². The Balaban J connectivity index is 1.92. The quantitative estimate of drug-likeness (QED) is 0.723. The first-order valence-corrected chi connectivity index (χ1v) is 6.71. The van der Waals surface area contributed by atoms with E-state index < -0.39 is 0 Å². The number of nitrogens with two attached hydrogens (primary N) is 1. The molecule has 5 nitrogen and oxygen atoms in total. The van der Waals surface area contributed by atoms with Crippen LogP contribution in [0.3, 0.4) is 0 Å². The van der Waals surface area contributed by atoms with Crippen LogP contribution in [-0.4, -0.2) is 49.6 Å². The molecule has 1 aliphatic rings. The van der Waals surface area contributed by atoms with Gasteiger partial charge in [0.1, 0.15) is 0 Å². The van der Waals surface area contributed by atoms with Gasteiger partial charge < -0.3 is 16.4 Å². The maximum absolute atomic E-state index is 12.1. The molecule has 1 aliphatic heterocycles. The van der Waals surface area contributed by atoms with Crippen LogP contribution in [0.4, 0.5) is 5.69 Å². The number of benzene rings is 1. The topological polar surface area (TPSA) is 70.4 Å². The number of rotatable bonds is 4. The minimum atomic E-state index is 0.0228. The van der Waals surface area contributed by atoms with Gasteiger partial charge >= 0.3 is 0 Å². The van der Waals surface area contributed by atoms with E-state index in [4.69, 9.17) is 5.73 Å². The summed E-state index contributed by atoms with van der Waals surface area (Å²) in [4.78, 5) is 14.2. The van der Waals surface area contributed by atoms with Crippen molar-refractivity contribution in [1.29, 1.82) is 0 Å². The number of piperazine rings is 1. The average Bonchev–Trinajstić information content (AvgIpc) is 2.42. The molecule has 1 heterocycles. The molecule has 0 saturated carbocycles. The molecule has 19 heavy (non-hydrogen) atoms. The first kappa shape index (κ1) is 14.0. The lowest BCUT2D eigenvalue weighted by Gasteiger charge is -2.34. The third-order valence-electron chi connectivity index (χ3n) is 3.51. The van der Waals surface area contributed by atoms with E-state index in [1.165, 1.54) is 0 Å². The summed E-state index contributed by atoms with van der Waals surface area (Å²) in [6.07, 6.45) is 0. The average molecular weight is 262 g/mol. The molecule has 1 atom stereocenters. The molecular weight excluding hydrogens is 240 g/mol. The third kappa shape index (κ3) is 3.76. The van der Waals surface area contributed by atoms with Gasteiger partial charge in [0.05, 0.1) is 6.54 Å². The van der Waals surface area contributed by atoms with Gasteiger partial charge in [0.15, 0.2) is 0 Å². The van der Waals surface area contributed by atoms with E-state index >= 15 is 0 Å². The third-order valence-corrected chi connectivity index (χ3v) is 3.51. The van der Waals surface area contributed by atoms with Crippen LogP contribution >= 0.6 is 0 Å². The van der Waals surface area contributed by atoms with Gasteiger partial charge in [0.25, 0.3) is 0 Å². The number of carbonyl (C=O) groups is 1. The zero-order chi connectivity index (χ0) is 13.7. The minimum Gasteiger partial charge on any atom is -0.329 e. The zero-order valence-corrected chi connectivity index (χ0v) is 11.4. The van der Waals surface area contributed by atoms with E-state index in [-0.39, 0.29) is 11.9 Å². The summed E-state index contributed by atoms with van der Waals surface area (Å²) >= 11 is 0. The van der Waals surface area contributed by atoms with Crippen molar-refractivity contribution in [2.24, 2.45) is 5.73 Å². The highest BCUT2D eigenvalue weighted by Crippen LogP contribution is 2.13. The molecule has 0 spiro atoms. The summed E-state index contributed by atoms with van der Waals surface area (Å²) in [7, 11) is 0. The molecule has 1 amide bonds. The Labute approximate surface area is 114 Å². The number of hydrogen-bond acceptors (Lipinski definition) is 4. The fourth-order valence-electron chi connectivity index (χ4n) is 2.33. The predicted molar refractivity (Wildman–Crippen MR) is 77.1 cm³/mol. The van der Waals surface area contributed by atoms with E-state index in [9.17, 15) is 4.79 Å². The van der Waals surface area contributed by atoms with Crippen LogP contribution in [0.15, 0.2) is 24.3 Å². The molecule has 1 saturated heterocycles. The number of anilines is 1. The van der Waals surface area contributed by atoms with Crippen molar-refractivity contribution in [3.63, 3.8) is 0 Å². The number of nitrogens with zero attached hydrogens (tertiary/aromatic N) is 1. The van der Waals surface area contributed by atoms with Gasteiger partial charge in [-0.3, -0.25) is 9.69 Å². The Bertz CT molecular complexity index is 435. The Kier molecular flexibility index (Phi) is 4.90. The van der Waals surface area contributed by atoms with Crippen molar-refractivity contribution in [1.82, 2.24) is 10.2 Å². The van der Waals surface area contributed by atoms with Gasteiger partial charge in [0.2, 0.25) is 5.91 Å². The van der Waals surface area contributed by atoms with Gasteiger partial charge in [-0.1, -0.05) is 18.2 Å². The Hall–Kier alpha value is -1.43. The molecule has 0 bridgehead atoms. The van der Waals surface area contributed by atoms with Gasteiger partial charge in [0, 0.05) is 37.9 Å². The van der Waals surface area contributed by atoms with Crippen LogP contribution in [0.25, 0.3) is 0 Å². The normalized spacial score (nSPS) is 20.2.